The van der Waals surface area contributed by atoms with Gasteiger partial charge in [0.2, 0.25) is 11.8 Å². The van der Waals surface area contributed by atoms with Crippen molar-refractivity contribution in [2.75, 3.05) is 6.54 Å². The average Bonchev–Trinajstić information content (AvgIpc) is 2.40. The fourth-order valence-electron chi connectivity index (χ4n) is 3.05. The maximum atomic E-state index is 12.3. The minimum atomic E-state index is -0.282. The highest BCUT2D eigenvalue weighted by atomic mass is 16.2. The molecule has 2 fully saturated rings. The third-order valence-corrected chi connectivity index (χ3v) is 4.39. The van der Waals surface area contributed by atoms with Gasteiger partial charge < -0.3 is 10.6 Å². The Morgan fingerprint density at radius 3 is 2.53 bits per heavy atom. The summed E-state index contributed by atoms with van der Waals surface area (Å²) in [5.41, 5.74) is 6.64. The molecule has 0 aromatic heterocycles. The zero-order chi connectivity index (χ0) is 13.8. The smallest absolute Gasteiger partial charge is 0.246 e. The van der Waals surface area contributed by atoms with Crippen LogP contribution in [0.25, 0.3) is 0 Å². The van der Waals surface area contributed by atoms with Crippen LogP contribution in [0.2, 0.25) is 0 Å². The fraction of sp³-hybridized carbons (Fsp3) is 0.733. The molecule has 0 aromatic rings. The van der Waals surface area contributed by atoms with Gasteiger partial charge in [-0.05, 0) is 45.4 Å². The van der Waals surface area contributed by atoms with E-state index in [1.807, 2.05) is 4.90 Å². The molecule has 0 bridgehead atoms. The Morgan fingerprint density at radius 1 is 1.21 bits per heavy atom. The van der Waals surface area contributed by atoms with Gasteiger partial charge in [0, 0.05) is 18.7 Å². The first-order chi connectivity index (χ1) is 9.08. The molecule has 0 aromatic carbocycles. The third-order valence-electron chi connectivity index (χ3n) is 4.39. The van der Waals surface area contributed by atoms with Crippen molar-refractivity contribution in [1.82, 2.24) is 4.90 Å². The van der Waals surface area contributed by atoms with E-state index in [-0.39, 0.29) is 23.8 Å². The van der Waals surface area contributed by atoms with Gasteiger partial charge >= 0.3 is 0 Å². The van der Waals surface area contributed by atoms with Crippen LogP contribution in [0.1, 0.15) is 51.9 Å². The second-order valence-electron chi connectivity index (χ2n) is 5.88. The highest BCUT2D eigenvalue weighted by Gasteiger charge is 2.30. The highest BCUT2D eigenvalue weighted by Crippen LogP contribution is 2.25. The topological polar surface area (TPSA) is 63.4 Å². The number of rotatable bonds is 2. The van der Waals surface area contributed by atoms with Gasteiger partial charge in [0.15, 0.2) is 0 Å². The number of primary amides is 1. The number of nitrogens with zero attached hydrogens (tertiary/aromatic N) is 1. The minimum absolute atomic E-state index is 0.0651. The second kappa shape index (κ2) is 6.22. The molecule has 2 rings (SSSR count). The van der Waals surface area contributed by atoms with Gasteiger partial charge in [-0.25, -0.2) is 0 Å². The van der Waals surface area contributed by atoms with Crippen LogP contribution in [0.15, 0.2) is 11.6 Å². The van der Waals surface area contributed by atoms with Crippen molar-refractivity contribution in [3.8, 4) is 0 Å². The largest absolute Gasteiger partial charge is 0.369 e. The number of hydrogen-bond acceptors (Lipinski definition) is 2. The summed E-state index contributed by atoms with van der Waals surface area (Å²) in [6.45, 7) is 2.54. The number of allylic oxidation sites excluding steroid dienone is 1. The lowest BCUT2D eigenvalue weighted by atomic mass is 9.91. The van der Waals surface area contributed by atoms with Crippen molar-refractivity contribution >= 4 is 11.8 Å². The first-order valence-electron chi connectivity index (χ1n) is 7.37. The molecule has 1 saturated carbocycles. The van der Waals surface area contributed by atoms with E-state index < -0.39 is 0 Å². The number of carbonyl (C=O) groups excluding carboxylic acids is 2. The summed E-state index contributed by atoms with van der Waals surface area (Å²) in [6, 6.07) is 0.212. The molecule has 4 nitrogen and oxygen atoms in total. The average molecular weight is 264 g/mol. The van der Waals surface area contributed by atoms with Crippen LogP contribution in [-0.4, -0.2) is 29.3 Å². The molecule has 2 aliphatic rings. The number of likely N-dealkylation sites (tertiary alicyclic amines) is 1. The van der Waals surface area contributed by atoms with Crippen molar-refractivity contribution < 1.29 is 9.59 Å². The van der Waals surface area contributed by atoms with E-state index in [1.54, 1.807) is 6.08 Å². The number of hydrogen-bond donors (Lipinski definition) is 1. The summed E-state index contributed by atoms with van der Waals surface area (Å²) in [6.07, 6.45) is 9.23. The molecule has 0 unspecified atom stereocenters. The van der Waals surface area contributed by atoms with Crippen molar-refractivity contribution in [1.29, 1.82) is 0 Å². The Bertz CT molecular complexity index is 382. The highest BCUT2D eigenvalue weighted by molar-refractivity contribution is 5.89. The van der Waals surface area contributed by atoms with Gasteiger partial charge in [-0.15, -0.1) is 0 Å². The minimum Gasteiger partial charge on any atom is -0.369 e. The van der Waals surface area contributed by atoms with Crippen molar-refractivity contribution in [3.63, 3.8) is 0 Å². The fourth-order valence-corrected chi connectivity index (χ4v) is 3.05. The van der Waals surface area contributed by atoms with Crippen LogP contribution < -0.4 is 5.73 Å². The quantitative estimate of drug-likeness (QED) is 0.775. The summed E-state index contributed by atoms with van der Waals surface area (Å²) < 4.78 is 0. The Morgan fingerprint density at radius 2 is 1.89 bits per heavy atom. The summed E-state index contributed by atoms with van der Waals surface area (Å²) in [5.74, 6) is -0.393. The van der Waals surface area contributed by atoms with Crippen LogP contribution in [0.4, 0.5) is 0 Å². The molecule has 4 heteroatoms. The molecule has 19 heavy (non-hydrogen) atoms. The van der Waals surface area contributed by atoms with Crippen molar-refractivity contribution in [3.05, 3.63) is 11.6 Å². The zero-order valence-corrected chi connectivity index (χ0v) is 11.7. The molecule has 2 amide bonds. The number of piperidine rings is 1. The monoisotopic (exact) mass is 264 g/mol. The number of amides is 2. The number of nitrogens with two attached hydrogens (primary N) is 1. The normalized spacial score (nSPS) is 28.1. The van der Waals surface area contributed by atoms with Gasteiger partial charge in [-0.3, -0.25) is 9.59 Å². The van der Waals surface area contributed by atoms with E-state index in [0.717, 1.165) is 25.7 Å². The molecule has 0 radical (unpaired) electrons. The molecule has 2 atom stereocenters. The molecule has 2 N–H and O–H groups in total. The Kier molecular flexibility index (Phi) is 4.61. The van der Waals surface area contributed by atoms with Crippen LogP contribution in [-0.2, 0) is 9.59 Å². The van der Waals surface area contributed by atoms with E-state index in [2.05, 4.69) is 6.92 Å². The van der Waals surface area contributed by atoms with Gasteiger partial charge in [0.05, 0.1) is 5.92 Å². The first-order valence-corrected chi connectivity index (χ1v) is 7.37. The molecular weight excluding hydrogens is 240 g/mol. The molecule has 1 saturated heterocycles. The predicted octanol–water partition coefficient (Wildman–Crippen LogP) is 1.99. The lowest BCUT2D eigenvalue weighted by Crippen LogP contribution is -2.48. The Hall–Kier alpha value is -1.32. The summed E-state index contributed by atoms with van der Waals surface area (Å²) >= 11 is 0. The maximum absolute atomic E-state index is 12.3. The van der Waals surface area contributed by atoms with Crippen LogP contribution in [0, 0.1) is 5.92 Å². The lowest BCUT2D eigenvalue weighted by molar-refractivity contribution is -0.133. The molecule has 0 spiro atoms. The van der Waals surface area contributed by atoms with Crippen LogP contribution in [0.3, 0.4) is 0 Å². The van der Waals surface area contributed by atoms with E-state index >= 15 is 0 Å². The van der Waals surface area contributed by atoms with Gasteiger partial charge in [0.1, 0.15) is 0 Å². The molecule has 106 valence electrons. The van der Waals surface area contributed by atoms with Crippen molar-refractivity contribution in [2.24, 2.45) is 11.7 Å². The van der Waals surface area contributed by atoms with E-state index in [0.29, 0.717) is 6.54 Å². The zero-order valence-electron chi connectivity index (χ0n) is 11.7. The summed E-state index contributed by atoms with van der Waals surface area (Å²) in [5, 5.41) is 0. The van der Waals surface area contributed by atoms with Gasteiger partial charge in [-0.2, -0.15) is 0 Å². The maximum Gasteiger partial charge on any atom is 0.246 e. The van der Waals surface area contributed by atoms with E-state index in [9.17, 15) is 9.59 Å². The lowest BCUT2D eigenvalue weighted by Gasteiger charge is -2.36. The number of carbonyl (C=O) groups is 2. The molecule has 1 heterocycles. The third kappa shape index (κ3) is 3.58. The Labute approximate surface area is 115 Å². The predicted molar refractivity (Wildman–Crippen MR) is 74.3 cm³/mol. The second-order valence-corrected chi connectivity index (χ2v) is 5.88. The standard InChI is InChI=1S/C15H24N2O2/c1-11-7-8-13(15(16)19)10-17(11)14(18)9-12-5-3-2-4-6-12/h9,11,13H,2-8,10H2,1H3,(H2,16,19)/t11-,13+/m1/s1. The van der Waals surface area contributed by atoms with Crippen LogP contribution in [0.5, 0.6) is 0 Å². The molecular formula is C15H24N2O2. The summed E-state index contributed by atoms with van der Waals surface area (Å²) in [7, 11) is 0. The van der Waals surface area contributed by atoms with Crippen LogP contribution >= 0.6 is 0 Å². The van der Waals surface area contributed by atoms with E-state index in [1.165, 1.54) is 24.8 Å². The van der Waals surface area contributed by atoms with E-state index in [4.69, 9.17) is 5.73 Å². The molecule has 1 aliphatic carbocycles. The Balaban J connectivity index is 2.01. The van der Waals surface area contributed by atoms with Gasteiger partial charge in [-0.1, -0.05) is 12.0 Å². The first kappa shape index (κ1) is 14.1. The summed E-state index contributed by atoms with van der Waals surface area (Å²) in [4.78, 5) is 25.5. The van der Waals surface area contributed by atoms with Gasteiger partial charge in [0.25, 0.3) is 0 Å². The molecule has 1 aliphatic heterocycles. The van der Waals surface area contributed by atoms with Crippen molar-refractivity contribution in [2.45, 2.75) is 57.9 Å². The SMILES string of the molecule is C[C@@H]1CC[C@H](C(N)=O)CN1C(=O)C=C1CCCCC1.